The second-order valence-electron chi connectivity index (χ2n) is 6.53. The molecule has 2 aliphatic heterocycles. The van der Waals surface area contributed by atoms with E-state index in [-0.39, 0.29) is 11.7 Å². The summed E-state index contributed by atoms with van der Waals surface area (Å²) in [6, 6.07) is 3.97. The maximum Gasteiger partial charge on any atom is 0.117 e. The molecule has 0 unspecified atom stereocenters. The zero-order chi connectivity index (χ0) is 15.7. The highest BCUT2D eigenvalue weighted by molar-refractivity contribution is 7.09. The van der Waals surface area contributed by atoms with E-state index in [0.29, 0.717) is 13.2 Å². The van der Waals surface area contributed by atoms with Crippen LogP contribution in [0.15, 0.2) is 28.2 Å². The van der Waals surface area contributed by atoms with E-state index in [1.807, 2.05) is 19.1 Å². The van der Waals surface area contributed by atoms with Crippen molar-refractivity contribution in [2.45, 2.75) is 44.6 Å². The molecular formula is C17H22N2O3S. The molecule has 23 heavy (non-hydrogen) atoms. The van der Waals surface area contributed by atoms with E-state index in [1.165, 1.54) is 0 Å². The Balaban J connectivity index is 1.28. The molecule has 4 heterocycles. The standard InChI is InChI=1S/C17H22N2O3S/c1-13-18-14(11-23-13)9-21-16-7-17(22-10-16)4-5-19(12-17)8-15-3-2-6-20-15/h2-3,6,11,16H,4-5,7-10,12H2,1H3/t16-,17-/m1/s1. The first kappa shape index (κ1) is 15.3. The number of nitrogens with zero attached hydrogens (tertiary/aromatic N) is 2. The molecule has 2 aliphatic rings. The van der Waals surface area contributed by atoms with E-state index in [1.54, 1.807) is 17.6 Å². The van der Waals surface area contributed by atoms with Crippen molar-refractivity contribution in [3.63, 3.8) is 0 Å². The lowest BCUT2D eigenvalue weighted by Gasteiger charge is -2.23. The van der Waals surface area contributed by atoms with Crippen LogP contribution in [0.5, 0.6) is 0 Å². The van der Waals surface area contributed by atoms with Gasteiger partial charge in [-0.3, -0.25) is 4.90 Å². The van der Waals surface area contributed by atoms with Crippen LogP contribution in [0, 0.1) is 6.92 Å². The predicted octanol–water partition coefficient (Wildman–Crippen LogP) is 2.99. The van der Waals surface area contributed by atoms with Crippen LogP contribution in [0.25, 0.3) is 0 Å². The summed E-state index contributed by atoms with van der Waals surface area (Å²) in [6.45, 7) is 6.18. The minimum Gasteiger partial charge on any atom is -0.468 e. The van der Waals surface area contributed by atoms with Gasteiger partial charge in [0.2, 0.25) is 0 Å². The van der Waals surface area contributed by atoms with E-state index < -0.39 is 0 Å². The van der Waals surface area contributed by atoms with Gasteiger partial charge in [-0.25, -0.2) is 4.98 Å². The van der Waals surface area contributed by atoms with Gasteiger partial charge in [0.15, 0.2) is 0 Å². The number of ether oxygens (including phenoxy) is 2. The number of thiazole rings is 1. The van der Waals surface area contributed by atoms with Gasteiger partial charge in [0, 0.05) is 24.9 Å². The molecule has 0 radical (unpaired) electrons. The van der Waals surface area contributed by atoms with Gasteiger partial charge in [-0.15, -0.1) is 11.3 Å². The van der Waals surface area contributed by atoms with Gasteiger partial charge in [0.05, 0.1) is 48.4 Å². The summed E-state index contributed by atoms with van der Waals surface area (Å²) in [5.74, 6) is 1.02. The van der Waals surface area contributed by atoms with Crippen molar-refractivity contribution < 1.29 is 13.9 Å². The van der Waals surface area contributed by atoms with Crippen molar-refractivity contribution in [1.29, 1.82) is 0 Å². The van der Waals surface area contributed by atoms with Crippen LogP contribution in [-0.4, -0.2) is 41.3 Å². The predicted molar refractivity (Wildman–Crippen MR) is 87.3 cm³/mol. The van der Waals surface area contributed by atoms with E-state index in [2.05, 4.69) is 15.3 Å². The Kier molecular flexibility index (Phi) is 4.24. The van der Waals surface area contributed by atoms with E-state index in [9.17, 15) is 0 Å². The van der Waals surface area contributed by atoms with Crippen molar-refractivity contribution in [2.75, 3.05) is 19.7 Å². The van der Waals surface area contributed by atoms with E-state index in [4.69, 9.17) is 13.9 Å². The second kappa shape index (κ2) is 6.36. The molecule has 2 saturated heterocycles. The van der Waals surface area contributed by atoms with Crippen LogP contribution in [0.1, 0.15) is 29.3 Å². The Labute approximate surface area is 140 Å². The van der Waals surface area contributed by atoms with Crippen LogP contribution in [0.4, 0.5) is 0 Å². The van der Waals surface area contributed by atoms with Gasteiger partial charge in [-0.1, -0.05) is 0 Å². The Morgan fingerprint density at radius 3 is 3.26 bits per heavy atom. The molecule has 2 aromatic rings. The molecule has 0 amide bonds. The molecule has 1 spiro atoms. The molecule has 0 N–H and O–H groups in total. The summed E-state index contributed by atoms with van der Waals surface area (Å²) in [4.78, 5) is 6.86. The Hall–Kier alpha value is -1.21. The highest BCUT2D eigenvalue weighted by Crippen LogP contribution is 2.37. The zero-order valence-electron chi connectivity index (χ0n) is 13.4. The lowest BCUT2D eigenvalue weighted by Crippen LogP contribution is -2.32. The van der Waals surface area contributed by atoms with Crippen LogP contribution >= 0.6 is 11.3 Å². The average molecular weight is 334 g/mol. The van der Waals surface area contributed by atoms with Crippen LogP contribution in [0.3, 0.4) is 0 Å². The van der Waals surface area contributed by atoms with Gasteiger partial charge in [-0.05, 0) is 25.5 Å². The third kappa shape index (κ3) is 3.50. The number of aromatic nitrogens is 1. The van der Waals surface area contributed by atoms with Crippen molar-refractivity contribution in [3.8, 4) is 0 Å². The molecule has 2 aromatic heterocycles. The smallest absolute Gasteiger partial charge is 0.117 e. The lowest BCUT2D eigenvalue weighted by molar-refractivity contribution is -0.000994. The first-order valence-corrected chi connectivity index (χ1v) is 9.00. The van der Waals surface area contributed by atoms with Crippen LogP contribution in [-0.2, 0) is 22.6 Å². The van der Waals surface area contributed by atoms with Gasteiger partial charge < -0.3 is 13.9 Å². The first-order chi connectivity index (χ1) is 11.2. The van der Waals surface area contributed by atoms with Gasteiger partial charge in [0.1, 0.15) is 5.76 Å². The van der Waals surface area contributed by atoms with Gasteiger partial charge >= 0.3 is 0 Å². The molecule has 0 aliphatic carbocycles. The summed E-state index contributed by atoms with van der Waals surface area (Å²) in [5, 5.41) is 3.16. The van der Waals surface area contributed by atoms with Crippen LogP contribution < -0.4 is 0 Å². The Morgan fingerprint density at radius 1 is 1.52 bits per heavy atom. The number of hydrogen-bond donors (Lipinski definition) is 0. The van der Waals surface area contributed by atoms with Crippen molar-refractivity contribution in [2.24, 2.45) is 0 Å². The molecule has 6 heteroatoms. The molecular weight excluding hydrogens is 312 g/mol. The molecule has 0 aromatic carbocycles. The highest BCUT2D eigenvalue weighted by atomic mass is 32.1. The fourth-order valence-corrected chi connectivity index (χ4v) is 4.15. The summed E-state index contributed by atoms with van der Waals surface area (Å²) in [7, 11) is 0. The quantitative estimate of drug-likeness (QED) is 0.841. The number of likely N-dealkylation sites (tertiary alicyclic amines) is 1. The largest absolute Gasteiger partial charge is 0.468 e. The molecule has 0 bridgehead atoms. The normalized spacial score (nSPS) is 28.1. The third-order valence-corrected chi connectivity index (χ3v) is 5.49. The molecule has 2 fully saturated rings. The Morgan fingerprint density at radius 2 is 2.48 bits per heavy atom. The van der Waals surface area contributed by atoms with E-state index in [0.717, 1.165) is 48.9 Å². The average Bonchev–Trinajstić information content (AvgIpc) is 3.29. The van der Waals surface area contributed by atoms with Crippen molar-refractivity contribution in [1.82, 2.24) is 9.88 Å². The highest BCUT2D eigenvalue weighted by Gasteiger charge is 2.45. The number of aryl methyl sites for hydroxylation is 1. The molecule has 0 saturated carbocycles. The summed E-state index contributed by atoms with van der Waals surface area (Å²) < 4.78 is 17.6. The van der Waals surface area contributed by atoms with Crippen molar-refractivity contribution in [3.05, 3.63) is 40.2 Å². The van der Waals surface area contributed by atoms with Gasteiger partial charge in [0.25, 0.3) is 0 Å². The maximum absolute atomic E-state index is 6.14. The molecule has 5 nitrogen and oxygen atoms in total. The summed E-state index contributed by atoms with van der Waals surface area (Å²) >= 11 is 1.67. The number of furan rings is 1. The van der Waals surface area contributed by atoms with Gasteiger partial charge in [-0.2, -0.15) is 0 Å². The molecule has 2 atom stereocenters. The monoisotopic (exact) mass is 334 g/mol. The fraction of sp³-hybridized carbons (Fsp3) is 0.588. The first-order valence-electron chi connectivity index (χ1n) is 8.12. The lowest BCUT2D eigenvalue weighted by atomic mass is 9.98. The van der Waals surface area contributed by atoms with E-state index >= 15 is 0 Å². The fourth-order valence-electron chi connectivity index (χ4n) is 3.56. The maximum atomic E-state index is 6.14. The summed E-state index contributed by atoms with van der Waals surface area (Å²) in [5.41, 5.74) is 0.995. The third-order valence-electron chi connectivity index (χ3n) is 4.66. The number of hydrogen-bond acceptors (Lipinski definition) is 6. The minimum atomic E-state index is -0.0325. The second-order valence-corrected chi connectivity index (χ2v) is 7.59. The topological polar surface area (TPSA) is 47.7 Å². The van der Waals surface area contributed by atoms with Crippen LogP contribution in [0.2, 0.25) is 0 Å². The summed E-state index contributed by atoms with van der Waals surface area (Å²) in [6.07, 6.45) is 3.96. The Bertz CT molecular complexity index is 642. The SMILES string of the molecule is Cc1nc(CO[C@H]2CO[C@]3(CCN(Cc4ccco4)C3)C2)cs1. The molecule has 124 valence electrons. The zero-order valence-corrected chi connectivity index (χ0v) is 14.2. The number of rotatable bonds is 5. The molecule has 4 rings (SSSR count). The van der Waals surface area contributed by atoms with Crippen molar-refractivity contribution >= 4 is 11.3 Å². The minimum absolute atomic E-state index is 0.0325.